The molecule has 2 heterocycles. The van der Waals surface area contributed by atoms with Crippen LogP contribution in [0.2, 0.25) is 0 Å². The molecule has 27 heavy (non-hydrogen) atoms. The highest BCUT2D eigenvalue weighted by Crippen LogP contribution is 2.59. The molecule has 3 aliphatic carbocycles. The van der Waals surface area contributed by atoms with Crippen molar-refractivity contribution < 1.29 is 9.47 Å². The molecule has 140 valence electrons. The molecular formula is C23H26N2O2. The highest BCUT2D eigenvalue weighted by Gasteiger charge is 2.62. The van der Waals surface area contributed by atoms with Gasteiger partial charge in [0.1, 0.15) is 0 Å². The van der Waals surface area contributed by atoms with Gasteiger partial charge in [-0.2, -0.15) is 5.10 Å². The summed E-state index contributed by atoms with van der Waals surface area (Å²) in [5.74, 6) is -0.445. The summed E-state index contributed by atoms with van der Waals surface area (Å²) in [6, 6.07) is 10.4. The predicted molar refractivity (Wildman–Crippen MR) is 104 cm³/mol. The number of nitrogens with zero attached hydrogens (tertiary/aromatic N) is 2. The number of ether oxygens (including phenoxy) is 2. The molecule has 4 heteroatoms. The van der Waals surface area contributed by atoms with Crippen molar-refractivity contribution in [1.29, 1.82) is 0 Å². The Morgan fingerprint density at radius 1 is 1.07 bits per heavy atom. The predicted octanol–water partition coefficient (Wildman–Crippen LogP) is 4.67. The Morgan fingerprint density at radius 3 is 2.63 bits per heavy atom. The first kappa shape index (κ1) is 16.1. The second kappa shape index (κ2) is 5.55. The van der Waals surface area contributed by atoms with Gasteiger partial charge < -0.3 is 9.47 Å². The summed E-state index contributed by atoms with van der Waals surface area (Å²) >= 11 is 0. The maximum absolute atomic E-state index is 6.70. The highest BCUT2D eigenvalue weighted by molar-refractivity contribution is 5.62. The molecule has 4 aliphatic rings. The van der Waals surface area contributed by atoms with Crippen molar-refractivity contribution in [2.75, 3.05) is 0 Å². The highest BCUT2D eigenvalue weighted by atomic mass is 16.8. The van der Waals surface area contributed by atoms with Crippen LogP contribution >= 0.6 is 0 Å². The Bertz CT molecular complexity index is 904. The van der Waals surface area contributed by atoms with Gasteiger partial charge in [-0.1, -0.05) is 30.7 Å². The van der Waals surface area contributed by atoms with Gasteiger partial charge in [0.2, 0.25) is 0 Å². The zero-order chi connectivity index (χ0) is 18.1. The molecule has 1 aromatic carbocycles. The molecule has 2 saturated carbocycles. The number of hydrogen-bond acceptors (Lipinski definition) is 3. The Kier molecular flexibility index (Phi) is 3.31. The van der Waals surface area contributed by atoms with Gasteiger partial charge in [0.15, 0.2) is 5.79 Å². The lowest BCUT2D eigenvalue weighted by Crippen LogP contribution is -2.53. The summed E-state index contributed by atoms with van der Waals surface area (Å²) in [6.07, 6.45) is 12.8. The van der Waals surface area contributed by atoms with E-state index in [9.17, 15) is 0 Å². The van der Waals surface area contributed by atoms with Crippen molar-refractivity contribution in [1.82, 2.24) is 9.78 Å². The topological polar surface area (TPSA) is 36.3 Å². The first-order valence-electron chi connectivity index (χ1n) is 10.4. The van der Waals surface area contributed by atoms with Crippen LogP contribution in [0.3, 0.4) is 0 Å². The minimum atomic E-state index is -0.445. The second-order valence-electron chi connectivity index (χ2n) is 8.83. The summed E-state index contributed by atoms with van der Waals surface area (Å²) in [5, 5.41) is 4.72. The Morgan fingerprint density at radius 2 is 1.85 bits per heavy atom. The molecule has 0 N–H and O–H groups in total. The van der Waals surface area contributed by atoms with Crippen LogP contribution in [0, 0.1) is 5.41 Å². The standard InChI is InChI=1S/C23H26N2O2/c1-22-14-16-15-24-25(18-8-3-2-4-9-18)19(16)13-17(22)7-6-12-23(22)26-20-10-5-11-21(20)27-23/h2-4,8-9,13,15,20-21H,5-7,10-12,14H2,1H3/t20-,21+,22-,23?/m0/s1. The molecule has 1 spiro atoms. The van der Waals surface area contributed by atoms with Crippen LogP contribution < -0.4 is 0 Å². The molecule has 2 aromatic rings. The van der Waals surface area contributed by atoms with Crippen LogP contribution in [-0.2, 0) is 15.9 Å². The van der Waals surface area contributed by atoms with Crippen molar-refractivity contribution in [3.05, 3.63) is 53.4 Å². The van der Waals surface area contributed by atoms with E-state index >= 15 is 0 Å². The van der Waals surface area contributed by atoms with Gasteiger partial charge >= 0.3 is 0 Å². The third-order valence-electron chi connectivity index (χ3n) is 7.32. The summed E-state index contributed by atoms with van der Waals surface area (Å²) < 4.78 is 15.5. The molecule has 4 atom stereocenters. The fraction of sp³-hybridized carbons (Fsp3) is 0.522. The molecule has 0 radical (unpaired) electrons. The smallest absolute Gasteiger partial charge is 0.178 e. The number of benzene rings is 1. The lowest BCUT2D eigenvalue weighted by atomic mass is 9.62. The van der Waals surface area contributed by atoms with E-state index < -0.39 is 5.79 Å². The molecule has 1 aromatic heterocycles. The SMILES string of the molecule is C[C@]12Cc3cnn(-c4ccccc4)c3C=C1CCCC21O[C@H]2CCC[C@H]2O1. The van der Waals surface area contributed by atoms with Crippen LogP contribution in [-0.4, -0.2) is 27.8 Å². The molecule has 3 fully saturated rings. The van der Waals surface area contributed by atoms with E-state index in [4.69, 9.17) is 14.6 Å². The van der Waals surface area contributed by atoms with Gasteiger partial charge in [-0.3, -0.25) is 0 Å². The average Bonchev–Trinajstić information content (AvgIpc) is 3.35. The molecule has 1 saturated heterocycles. The monoisotopic (exact) mass is 362 g/mol. The summed E-state index contributed by atoms with van der Waals surface area (Å²) in [6.45, 7) is 2.36. The fourth-order valence-electron chi connectivity index (χ4n) is 5.85. The minimum absolute atomic E-state index is 0.0901. The maximum atomic E-state index is 6.70. The van der Waals surface area contributed by atoms with Crippen molar-refractivity contribution in [2.45, 2.75) is 69.9 Å². The largest absolute Gasteiger partial charge is 0.343 e. The Hall–Kier alpha value is -1.91. The lowest BCUT2D eigenvalue weighted by Gasteiger charge is -2.51. The Balaban J connectivity index is 1.43. The number of hydrogen-bond donors (Lipinski definition) is 0. The number of rotatable bonds is 1. The average molecular weight is 362 g/mol. The number of para-hydroxylation sites is 1. The van der Waals surface area contributed by atoms with Gasteiger partial charge in [-0.25, -0.2) is 4.68 Å². The van der Waals surface area contributed by atoms with Crippen molar-refractivity contribution in [3.8, 4) is 5.69 Å². The van der Waals surface area contributed by atoms with E-state index in [0.29, 0.717) is 12.2 Å². The maximum Gasteiger partial charge on any atom is 0.178 e. The number of fused-ring (bicyclic) bond motifs is 4. The fourth-order valence-corrected chi connectivity index (χ4v) is 5.85. The summed E-state index contributed by atoms with van der Waals surface area (Å²) in [4.78, 5) is 0. The summed E-state index contributed by atoms with van der Waals surface area (Å²) in [7, 11) is 0. The van der Waals surface area contributed by atoms with E-state index in [1.807, 2.05) is 12.3 Å². The molecule has 1 unspecified atom stereocenters. The van der Waals surface area contributed by atoms with Crippen molar-refractivity contribution >= 4 is 6.08 Å². The van der Waals surface area contributed by atoms with E-state index in [2.05, 4.69) is 41.9 Å². The normalized spacial score (nSPS) is 37.0. The van der Waals surface area contributed by atoms with Crippen LogP contribution in [0.25, 0.3) is 11.8 Å². The molecule has 4 nitrogen and oxygen atoms in total. The van der Waals surface area contributed by atoms with Crippen LogP contribution in [0.1, 0.15) is 56.7 Å². The zero-order valence-corrected chi connectivity index (χ0v) is 15.9. The van der Waals surface area contributed by atoms with Crippen LogP contribution in [0.15, 0.2) is 42.1 Å². The second-order valence-corrected chi connectivity index (χ2v) is 8.83. The lowest BCUT2D eigenvalue weighted by molar-refractivity contribution is -0.251. The molecule has 1 aliphatic heterocycles. The van der Waals surface area contributed by atoms with Crippen molar-refractivity contribution in [3.63, 3.8) is 0 Å². The van der Waals surface area contributed by atoms with E-state index in [1.165, 1.54) is 23.3 Å². The first-order chi connectivity index (χ1) is 13.2. The van der Waals surface area contributed by atoms with Crippen LogP contribution in [0.5, 0.6) is 0 Å². The van der Waals surface area contributed by atoms with Gasteiger partial charge in [0.25, 0.3) is 0 Å². The zero-order valence-electron chi connectivity index (χ0n) is 15.9. The quantitative estimate of drug-likeness (QED) is 0.740. The van der Waals surface area contributed by atoms with E-state index in [0.717, 1.165) is 44.2 Å². The van der Waals surface area contributed by atoms with Crippen LogP contribution in [0.4, 0.5) is 0 Å². The van der Waals surface area contributed by atoms with Gasteiger partial charge in [0, 0.05) is 11.8 Å². The van der Waals surface area contributed by atoms with E-state index in [1.54, 1.807) is 0 Å². The number of aromatic nitrogens is 2. The van der Waals surface area contributed by atoms with E-state index in [-0.39, 0.29) is 5.41 Å². The molecule has 0 amide bonds. The molecular weight excluding hydrogens is 336 g/mol. The molecule has 0 bridgehead atoms. The first-order valence-corrected chi connectivity index (χ1v) is 10.4. The Labute approximate surface area is 160 Å². The molecule has 6 rings (SSSR count). The van der Waals surface area contributed by atoms with Gasteiger partial charge in [-0.05, 0) is 62.3 Å². The van der Waals surface area contributed by atoms with Gasteiger partial charge in [0.05, 0.1) is 29.8 Å². The summed E-state index contributed by atoms with van der Waals surface area (Å²) in [5.41, 5.74) is 5.03. The van der Waals surface area contributed by atoms with Gasteiger partial charge in [-0.15, -0.1) is 0 Å². The third kappa shape index (κ3) is 2.14. The van der Waals surface area contributed by atoms with Crippen molar-refractivity contribution in [2.24, 2.45) is 5.41 Å². The third-order valence-corrected chi connectivity index (χ3v) is 7.32. The minimum Gasteiger partial charge on any atom is -0.343 e.